The summed E-state index contributed by atoms with van der Waals surface area (Å²) in [6.45, 7) is 0.781. The number of benzene rings is 1. The molecule has 3 unspecified atom stereocenters. The molecule has 3 atom stereocenters. The van der Waals surface area contributed by atoms with E-state index in [0.29, 0.717) is 36.2 Å². The van der Waals surface area contributed by atoms with E-state index in [-0.39, 0.29) is 34.9 Å². The number of pyridine rings is 1. The topological polar surface area (TPSA) is 108 Å². The maximum Gasteiger partial charge on any atom is 0.407 e. The predicted molar refractivity (Wildman–Crippen MR) is 128 cm³/mol. The Morgan fingerprint density at radius 1 is 1.17 bits per heavy atom. The smallest absolute Gasteiger partial charge is 0.379 e. The minimum atomic E-state index is -4.42. The van der Waals surface area contributed by atoms with Crippen LogP contribution < -0.4 is 16.2 Å². The highest BCUT2D eigenvalue weighted by Crippen LogP contribution is 2.36. The van der Waals surface area contributed by atoms with Gasteiger partial charge in [-0.15, -0.1) is 0 Å². The Morgan fingerprint density at radius 2 is 1.92 bits per heavy atom. The number of nitriles is 1. The first-order valence-electron chi connectivity index (χ1n) is 12.1. The van der Waals surface area contributed by atoms with Crippen LogP contribution in [0.5, 0.6) is 0 Å². The summed E-state index contributed by atoms with van der Waals surface area (Å²) in [6.07, 6.45) is 1.02. The quantitative estimate of drug-likeness (QED) is 0.453. The van der Waals surface area contributed by atoms with Crippen molar-refractivity contribution in [3.05, 3.63) is 52.4 Å². The van der Waals surface area contributed by atoms with E-state index in [1.54, 1.807) is 22.9 Å². The molecule has 2 fully saturated rings. The summed E-state index contributed by atoms with van der Waals surface area (Å²) in [5.41, 5.74) is 0.809. The van der Waals surface area contributed by atoms with E-state index >= 15 is 0 Å². The Bertz CT molecular complexity index is 1300. The lowest BCUT2D eigenvalue weighted by Gasteiger charge is -2.27. The fraction of sp³-hybridized carbons (Fsp3) is 0.480. The number of ether oxygens (including phenoxy) is 1. The maximum absolute atomic E-state index is 13.8. The first-order valence-corrected chi connectivity index (χ1v) is 12.1. The van der Waals surface area contributed by atoms with Crippen LogP contribution in [0.15, 0.2) is 41.3 Å². The van der Waals surface area contributed by atoms with Crippen molar-refractivity contribution >= 4 is 22.4 Å². The van der Waals surface area contributed by atoms with Crippen molar-refractivity contribution in [2.24, 2.45) is 5.92 Å². The van der Waals surface area contributed by atoms with Crippen molar-refractivity contribution in [1.82, 2.24) is 20.1 Å². The lowest BCUT2D eigenvalue weighted by atomic mass is 9.96. The van der Waals surface area contributed by atoms with Gasteiger partial charge in [-0.25, -0.2) is 0 Å². The van der Waals surface area contributed by atoms with Gasteiger partial charge in [0.15, 0.2) is 5.82 Å². The first-order chi connectivity index (χ1) is 17.3. The normalized spacial score (nSPS) is 21.9. The monoisotopic (exact) mass is 500 g/mol. The van der Waals surface area contributed by atoms with Crippen molar-refractivity contribution < 1.29 is 17.9 Å². The minimum Gasteiger partial charge on any atom is -0.379 e. The lowest BCUT2D eigenvalue weighted by molar-refractivity contribution is -0.159. The highest BCUT2D eigenvalue weighted by atomic mass is 19.4. The molecule has 0 amide bonds. The van der Waals surface area contributed by atoms with Gasteiger partial charge in [0.05, 0.1) is 30.2 Å². The number of hydrogen-bond donors (Lipinski definition) is 3. The summed E-state index contributed by atoms with van der Waals surface area (Å²) < 4.78 is 48.6. The molecular formula is C25H27F3N6O2. The average Bonchev–Trinajstić information content (AvgIpc) is 3.51. The van der Waals surface area contributed by atoms with Gasteiger partial charge >= 0.3 is 6.18 Å². The molecule has 3 N–H and O–H groups in total. The van der Waals surface area contributed by atoms with Crippen molar-refractivity contribution in [2.75, 3.05) is 18.5 Å². The largest absolute Gasteiger partial charge is 0.407 e. The Kier molecular flexibility index (Phi) is 6.73. The van der Waals surface area contributed by atoms with Gasteiger partial charge < -0.3 is 15.0 Å². The van der Waals surface area contributed by atoms with Crippen LogP contribution in [0.3, 0.4) is 0 Å². The van der Waals surface area contributed by atoms with E-state index in [4.69, 9.17) is 4.74 Å². The lowest BCUT2D eigenvalue weighted by Crippen LogP contribution is -2.39. The van der Waals surface area contributed by atoms with Crippen LogP contribution >= 0.6 is 0 Å². The molecule has 190 valence electrons. The second-order valence-electron chi connectivity index (χ2n) is 9.40. The Balaban J connectivity index is 1.44. The zero-order valence-electron chi connectivity index (χ0n) is 19.5. The highest BCUT2D eigenvalue weighted by Gasteiger charge is 2.42. The van der Waals surface area contributed by atoms with Crippen molar-refractivity contribution in [3.63, 3.8) is 0 Å². The SMILES string of the molecule is N#CC1CCOCC1n1nc(Nc2ccc(C(NC3CCCC3)C(F)(F)F)cc2)c2c(=O)[nH]ccc21. The van der Waals surface area contributed by atoms with Gasteiger partial charge in [-0.2, -0.15) is 23.5 Å². The third-order valence-corrected chi connectivity index (χ3v) is 7.03. The van der Waals surface area contributed by atoms with Gasteiger partial charge in [0, 0.05) is 24.5 Å². The van der Waals surface area contributed by atoms with E-state index in [0.717, 1.165) is 25.7 Å². The summed E-state index contributed by atoms with van der Waals surface area (Å²) in [5, 5.41) is 20.4. The number of aromatic amines is 1. The molecule has 0 bridgehead atoms. The van der Waals surface area contributed by atoms with Crippen LogP contribution in [0.1, 0.15) is 49.8 Å². The first kappa shape index (κ1) is 24.3. The van der Waals surface area contributed by atoms with Gasteiger partial charge in [-0.3, -0.25) is 14.8 Å². The van der Waals surface area contributed by atoms with Crippen LogP contribution in [-0.4, -0.2) is 40.2 Å². The number of alkyl halides is 3. The minimum absolute atomic E-state index is 0.129. The van der Waals surface area contributed by atoms with Crippen molar-refractivity contribution in [1.29, 1.82) is 5.26 Å². The van der Waals surface area contributed by atoms with Gasteiger partial charge in [0.1, 0.15) is 11.4 Å². The summed E-state index contributed by atoms with van der Waals surface area (Å²) >= 11 is 0. The van der Waals surface area contributed by atoms with Crippen LogP contribution in [-0.2, 0) is 4.74 Å². The molecule has 1 saturated carbocycles. The summed E-state index contributed by atoms with van der Waals surface area (Å²) in [5.74, 6) is -0.0572. The molecule has 11 heteroatoms. The third-order valence-electron chi connectivity index (χ3n) is 7.03. The van der Waals surface area contributed by atoms with Gasteiger partial charge in [0.25, 0.3) is 5.56 Å². The summed E-state index contributed by atoms with van der Waals surface area (Å²) in [4.78, 5) is 15.3. The Hall–Kier alpha value is -3.36. The average molecular weight is 501 g/mol. The van der Waals surface area contributed by atoms with E-state index in [9.17, 15) is 23.2 Å². The maximum atomic E-state index is 13.8. The zero-order valence-corrected chi connectivity index (χ0v) is 19.5. The number of nitrogens with one attached hydrogen (secondary N) is 3. The fourth-order valence-electron chi connectivity index (χ4n) is 5.16. The van der Waals surface area contributed by atoms with Crippen LogP contribution in [0, 0.1) is 17.2 Å². The number of rotatable bonds is 6. The molecule has 0 spiro atoms. The molecule has 2 aliphatic rings. The number of anilines is 2. The molecule has 8 nitrogen and oxygen atoms in total. The molecule has 5 rings (SSSR count). The molecule has 3 heterocycles. The van der Waals surface area contributed by atoms with Crippen LogP contribution in [0.25, 0.3) is 10.9 Å². The molecule has 2 aromatic heterocycles. The van der Waals surface area contributed by atoms with E-state index < -0.39 is 12.2 Å². The molecule has 0 radical (unpaired) electrons. The predicted octanol–water partition coefficient (Wildman–Crippen LogP) is 4.70. The van der Waals surface area contributed by atoms with Gasteiger partial charge in [-0.1, -0.05) is 25.0 Å². The second-order valence-corrected chi connectivity index (χ2v) is 9.40. The molecule has 1 saturated heterocycles. The number of aromatic nitrogens is 3. The summed E-state index contributed by atoms with van der Waals surface area (Å²) in [7, 11) is 0. The van der Waals surface area contributed by atoms with E-state index in [2.05, 4.69) is 26.8 Å². The van der Waals surface area contributed by atoms with Gasteiger partial charge in [0.2, 0.25) is 0 Å². The summed E-state index contributed by atoms with van der Waals surface area (Å²) in [6, 6.07) is 7.74. The van der Waals surface area contributed by atoms with E-state index in [1.165, 1.54) is 18.3 Å². The van der Waals surface area contributed by atoms with Crippen molar-refractivity contribution in [3.8, 4) is 6.07 Å². The van der Waals surface area contributed by atoms with Gasteiger partial charge in [-0.05, 0) is 43.0 Å². The standard InChI is InChI=1S/C25H27F3N6O2/c26-25(27,28)22(31-17-3-1-2-4-17)15-5-7-18(8-6-15)32-23-21-19(9-11-30-24(21)35)34(33-23)20-14-36-12-10-16(20)13-29/h5-9,11,16-17,20,22,31H,1-4,10,12,14H2,(H,30,35)(H,32,33). The molecule has 36 heavy (non-hydrogen) atoms. The number of H-pyrrole nitrogens is 1. The van der Waals surface area contributed by atoms with Crippen LogP contribution in [0.4, 0.5) is 24.7 Å². The number of nitrogens with zero attached hydrogens (tertiary/aromatic N) is 3. The van der Waals surface area contributed by atoms with E-state index in [1.807, 2.05) is 0 Å². The number of halogens is 3. The zero-order chi connectivity index (χ0) is 25.3. The molecule has 1 aliphatic heterocycles. The Morgan fingerprint density at radius 3 is 2.61 bits per heavy atom. The Labute approximate surface area is 205 Å². The van der Waals surface area contributed by atoms with Crippen LogP contribution in [0.2, 0.25) is 0 Å². The number of hydrogen-bond acceptors (Lipinski definition) is 6. The highest BCUT2D eigenvalue weighted by molar-refractivity contribution is 5.91. The fourth-order valence-corrected chi connectivity index (χ4v) is 5.16. The third kappa shape index (κ3) is 4.83. The van der Waals surface area contributed by atoms with Crippen molar-refractivity contribution in [2.45, 2.75) is 56.4 Å². The second kappa shape index (κ2) is 9.95. The number of fused-ring (bicyclic) bond motifs is 1. The molecular weight excluding hydrogens is 473 g/mol. The molecule has 1 aliphatic carbocycles. The molecule has 3 aromatic rings. The molecule has 1 aromatic carbocycles.